The predicted molar refractivity (Wildman–Crippen MR) is 91.5 cm³/mol. The molecule has 1 fully saturated rings. The topological polar surface area (TPSA) is 78.9 Å². The largest absolute Gasteiger partial charge is 0.503 e. The van der Waals surface area contributed by atoms with E-state index in [-0.39, 0.29) is 22.2 Å². The van der Waals surface area contributed by atoms with Gasteiger partial charge >= 0.3 is 0 Å². The van der Waals surface area contributed by atoms with Gasteiger partial charge in [0.05, 0.1) is 11.6 Å². The minimum atomic E-state index is -0.580. The molecule has 1 heterocycles. The number of halogens is 2. The molecule has 1 aromatic carbocycles. The van der Waals surface area contributed by atoms with Gasteiger partial charge < -0.3 is 9.84 Å². The lowest BCUT2D eigenvalue weighted by Crippen LogP contribution is -2.52. The third-order valence-corrected chi connectivity index (χ3v) is 5.53. The number of nitrogens with one attached hydrogen (secondary N) is 1. The highest BCUT2D eigenvalue weighted by Crippen LogP contribution is 2.42. The third-order valence-electron chi connectivity index (χ3n) is 3.00. The van der Waals surface area contributed by atoms with Gasteiger partial charge in [0.25, 0.3) is 11.8 Å². The second-order valence-corrected chi connectivity index (χ2v) is 6.30. The summed E-state index contributed by atoms with van der Waals surface area (Å²) in [7, 11) is 2.87. The molecule has 0 atom stereocenters. The van der Waals surface area contributed by atoms with Gasteiger partial charge in [0, 0.05) is 11.5 Å². The van der Waals surface area contributed by atoms with Crippen LogP contribution in [0.3, 0.4) is 0 Å². The minimum absolute atomic E-state index is 0.0516. The molecule has 1 aromatic rings. The first-order chi connectivity index (χ1) is 10.3. The van der Waals surface area contributed by atoms with Crippen LogP contribution < -0.4 is 10.1 Å². The van der Waals surface area contributed by atoms with E-state index in [0.29, 0.717) is 14.5 Å². The Kier molecular flexibility index (Phi) is 4.88. The maximum absolute atomic E-state index is 12.2. The van der Waals surface area contributed by atoms with Crippen LogP contribution in [0.15, 0.2) is 20.6 Å². The summed E-state index contributed by atoms with van der Waals surface area (Å²) in [5, 5.41) is 12.4. The number of methoxy groups -OCH3 is 1. The fourth-order valence-corrected chi connectivity index (χ4v) is 2.79. The Hall–Kier alpha value is -1.45. The zero-order chi connectivity index (χ0) is 16.6. The SMILES string of the molecule is COc1cc(C=C2C(=O)NC(=S)N(C)C2=O)c(Br)c(Br)c1O. The Morgan fingerprint density at radius 3 is 2.59 bits per heavy atom. The summed E-state index contributed by atoms with van der Waals surface area (Å²) in [5.41, 5.74) is 0.415. The van der Waals surface area contributed by atoms with Gasteiger partial charge in [-0.2, -0.15) is 0 Å². The highest BCUT2D eigenvalue weighted by molar-refractivity contribution is 9.13. The summed E-state index contributed by atoms with van der Waals surface area (Å²) in [6.07, 6.45) is 1.40. The number of phenolic OH excluding ortho intramolecular Hbond substituents is 1. The third kappa shape index (κ3) is 2.88. The van der Waals surface area contributed by atoms with Gasteiger partial charge in [0.15, 0.2) is 16.6 Å². The van der Waals surface area contributed by atoms with E-state index >= 15 is 0 Å². The summed E-state index contributed by atoms with van der Waals surface area (Å²) in [5.74, 6) is -0.976. The molecule has 2 N–H and O–H groups in total. The van der Waals surface area contributed by atoms with Crippen molar-refractivity contribution >= 4 is 67.1 Å². The van der Waals surface area contributed by atoms with Gasteiger partial charge in [0.1, 0.15) is 5.57 Å². The van der Waals surface area contributed by atoms with Crippen LogP contribution in [-0.2, 0) is 9.59 Å². The summed E-state index contributed by atoms with van der Waals surface area (Å²) in [6, 6.07) is 1.50. The number of ether oxygens (including phenoxy) is 1. The van der Waals surface area contributed by atoms with Crippen molar-refractivity contribution in [1.29, 1.82) is 0 Å². The van der Waals surface area contributed by atoms with E-state index in [0.717, 1.165) is 0 Å². The van der Waals surface area contributed by atoms with Crippen LogP contribution in [0.1, 0.15) is 5.56 Å². The predicted octanol–water partition coefficient (Wildman–Crippen LogP) is 2.18. The highest BCUT2D eigenvalue weighted by Gasteiger charge is 2.31. The van der Waals surface area contributed by atoms with Crippen LogP contribution >= 0.6 is 44.1 Å². The van der Waals surface area contributed by atoms with Crippen LogP contribution in [0.2, 0.25) is 0 Å². The Morgan fingerprint density at radius 1 is 1.36 bits per heavy atom. The Morgan fingerprint density at radius 2 is 2.00 bits per heavy atom. The molecule has 0 radical (unpaired) electrons. The number of nitrogens with zero attached hydrogens (tertiary/aromatic N) is 1. The highest BCUT2D eigenvalue weighted by atomic mass is 79.9. The van der Waals surface area contributed by atoms with Crippen molar-refractivity contribution in [2.24, 2.45) is 0 Å². The van der Waals surface area contributed by atoms with Crippen LogP contribution in [0.25, 0.3) is 6.08 Å². The molecule has 0 spiro atoms. The average molecular weight is 450 g/mol. The summed E-state index contributed by atoms with van der Waals surface area (Å²) in [6.45, 7) is 0. The summed E-state index contributed by atoms with van der Waals surface area (Å²) >= 11 is 11.4. The Bertz CT molecular complexity index is 733. The monoisotopic (exact) mass is 448 g/mol. The van der Waals surface area contributed by atoms with Gasteiger partial charge in [-0.15, -0.1) is 0 Å². The standard InChI is InChI=1S/C13H10Br2N2O4S/c1-17-12(20)6(11(19)16-13(17)22)3-5-4-7(21-2)10(18)9(15)8(5)14/h3-4,18H,1-2H3,(H,16,19,22). The molecule has 1 aliphatic rings. The number of likely N-dealkylation sites (N-methyl/N-ethyl adjacent to an activating group) is 1. The maximum Gasteiger partial charge on any atom is 0.265 e. The number of thiocarbonyl (C=S) groups is 1. The lowest BCUT2D eigenvalue weighted by Gasteiger charge is -2.25. The maximum atomic E-state index is 12.2. The molecule has 116 valence electrons. The molecule has 0 unspecified atom stereocenters. The number of hydrogen-bond donors (Lipinski definition) is 2. The first-order valence-corrected chi connectivity index (χ1v) is 7.87. The molecule has 0 saturated carbocycles. The fraction of sp³-hybridized carbons (Fsp3) is 0.154. The van der Waals surface area contributed by atoms with Gasteiger partial charge in [-0.1, -0.05) is 0 Å². The zero-order valence-corrected chi connectivity index (χ0v) is 15.4. The number of hydrogen-bond acceptors (Lipinski definition) is 5. The van der Waals surface area contributed by atoms with Gasteiger partial charge in [-0.3, -0.25) is 19.8 Å². The second-order valence-electron chi connectivity index (χ2n) is 4.33. The van der Waals surface area contributed by atoms with Crippen molar-refractivity contribution in [2.45, 2.75) is 0 Å². The molecule has 6 nitrogen and oxygen atoms in total. The van der Waals surface area contributed by atoms with E-state index in [1.807, 2.05) is 0 Å². The molecule has 0 aromatic heterocycles. The second kappa shape index (κ2) is 6.35. The average Bonchev–Trinajstić information content (AvgIpc) is 2.49. The van der Waals surface area contributed by atoms with E-state index < -0.39 is 11.8 Å². The smallest absolute Gasteiger partial charge is 0.265 e. The van der Waals surface area contributed by atoms with Crippen LogP contribution in [-0.4, -0.2) is 41.1 Å². The van der Waals surface area contributed by atoms with Crippen molar-refractivity contribution in [3.05, 3.63) is 26.1 Å². The van der Waals surface area contributed by atoms with Crippen molar-refractivity contribution < 1.29 is 19.4 Å². The Balaban J connectivity index is 2.58. The van der Waals surface area contributed by atoms with E-state index in [1.54, 1.807) is 0 Å². The van der Waals surface area contributed by atoms with Crippen LogP contribution in [0.5, 0.6) is 11.5 Å². The first-order valence-electron chi connectivity index (χ1n) is 5.88. The summed E-state index contributed by atoms with van der Waals surface area (Å²) < 4.78 is 5.89. The van der Waals surface area contributed by atoms with Gasteiger partial charge in [-0.25, -0.2) is 0 Å². The number of carbonyl (C=O) groups is 2. The quantitative estimate of drug-likeness (QED) is 0.411. The van der Waals surface area contributed by atoms with Gasteiger partial charge in [0.2, 0.25) is 0 Å². The van der Waals surface area contributed by atoms with E-state index in [1.165, 1.54) is 31.2 Å². The molecule has 1 aliphatic heterocycles. The normalized spacial score (nSPS) is 17.0. The zero-order valence-electron chi connectivity index (χ0n) is 11.4. The van der Waals surface area contributed by atoms with Crippen LogP contribution in [0, 0.1) is 0 Å². The molecule has 2 amide bonds. The van der Waals surface area contributed by atoms with E-state index in [4.69, 9.17) is 17.0 Å². The fourth-order valence-electron chi connectivity index (χ4n) is 1.77. The first kappa shape index (κ1) is 16.9. The molecule has 2 rings (SSSR count). The van der Waals surface area contributed by atoms with Crippen molar-refractivity contribution in [3.63, 3.8) is 0 Å². The van der Waals surface area contributed by atoms with Crippen molar-refractivity contribution in [1.82, 2.24) is 10.2 Å². The molecular formula is C13H10Br2N2O4S. The molecule has 22 heavy (non-hydrogen) atoms. The van der Waals surface area contributed by atoms with Crippen LogP contribution in [0.4, 0.5) is 0 Å². The number of benzene rings is 1. The lowest BCUT2D eigenvalue weighted by molar-refractivity contribution is -0.128. The number of aromatic hydroxyl groups is 1. The number of amides is 2. The van der Waals surface area contributed by atoms with Crippen molar-refractivity contribution in [2.75, 3.05) is 14.2 Å². The van der Waals surface area contributed by atoms with Crippen molar-refractivity contribution in [3.8, 4) is 11.5 Å². The lowest BCUT2D eigenvalue weighted by atomic mass is 10.1. The molecule has 0 bridgehead atoms. The molecule has 9 heteroatoms. The molecule has 0 aliphatic carbocycles. The minimum Gasteiger partial charge on any atom is -0.503 e. The molecule has 1 saturated heterocycles. The van der Waals surface area contributed by atoms with E-state index in [2.05, 4.69) is 37.2 Å². The van der Waals surface area contributed by atoms with E-state index in [9.17, 15) is 14.7 Å². The number of carbonyl (C=O) groups excluding carboxylic acids is 2. The number of rotatable bonds is 2. The number of phenols is 1. The Labute approximate surface area is 148 Å². The molecular weight excluding hydrogens is 440 g/mol. The van der Waals surface area contributed by atoms with Gasteiger partial charge in [-0.05, 0) is 61.8 Å². The summed E-state index contributed by atoms with van der Waals surface area (Å²) in [4.78, 5) is 25.3.